The highest BCUT2D eigenvalue weighted by Gasteiger charge is 2.26. The quantitative estimate of drug-likeness (QED) is 0.872. The van der Waals surface area contributed by atoms with Crippen LogP contribution in [0.3, 0.4) is 0 Å². The van der Waals surface area contributed by atoms with Crippen molar-refractivity contribution in [1.82, 2.24) is 9.80 Å². The summed E-state index contributed by atoms with van der Waals surface area (Å²) in [5.74, 6) is 0.246. The second kappa shape index (κ2) is 6.87. The largest absolute Gasteiger partial charge is 0.344 e. The number of benzene rings is 2. The number of hydrogen-bond donors (Lipinski definition) is 0. The molecule has 0 radical (unpaired) electrons. The number of aliphatic imine (C=N–C) groups is 1. The number of amides is 1. The Morgan fingerprint density at radius 1 is 0.917 bits per heavy atom. The van der Waals surface area contributed by atoms with E-state index < -0.39 is 0 Å². The van der Waals surface area contributed by atoms with Gasteiger partial charge in [0.1, 0.15) is 0 Å². The lowest BCUT2D eigenvalue weighted by atomic mass is 9.90. The SMILES string of the molecule is Cc1ccc(C(C(=O)N=C2N(C)CCN2C)c2ccccc2)cc1. The van der Waals surface area contributed by atoms with E-state index in [4.69, 9.17) is 0 Å². The first kappa shape index (κ1) is 16.2. The number of likely N-dealkylation sites (N-methyl/N-ethyl adjacent to an activating group) is 2. The molecule has 1 aliphatic rings. The molecule has 1 atom stereocenters. The van der Waals surface area contributed by atoms with Gasteiger partial charge in [0.25, 0.3) is 5.91 Å². The second-order valence-corrected chi connectivity index (χ2v) is 6.35. The van der Waals surface area contributed by atoms with Crippen LogP contribution in [-0.2, 0) is 4.79 Å². The van der Waals surface area contributed by atoms with Crippen molar-refractivity contribution in [2.75, 3.05) is 27.2 Å². The fourth-order valence-corrected chi connectivity index (χ4v) is 3.01. The molecular weight excluding hydrogens is 298 g/mol. The molecule has 1 amide bonds. The summed E-state index contributed by atoms with van der Waals surface area (Å²) < 4.78 is 0. The minimum Gasteiger partial charge on any atom is -0.344 e. The van der Waals surface area contributed by atoms with Gasteiger partial charge in [0.2, 0.25) is 5.96 Å². The maximum absolute atomic E-state index is 13.0. The van der Waals surface area contributed by atoms with Crippen molar-refractivity contribution in [2.24, 2.45) is 4.99 Å². The molecule has 2 aromatic carbocycles. The van der Waals surface area contributed by atoms with Crippen LogP contribution in [-0.4, -0.2) is 48.9 Å². The van der Waals surface area contributed by atoms with Gasteiger partial charge < -0.3 is 9.80 Å². The monoisotopic (exact) mass is 321 g/mol. The van der Waals surface area contributed by atoms with Gasteiger partial charge in [-0.2, -0.15) is 4.99 Å². The maximum Gasteiger partial charge on any atom is 0.260 e. The Balaban J connectivity index is 2.00. The van der Waals surface area contributed by atoms with E-state index in [2.05, 4.69) is 4.99 Å². The molecule has 4 nitrogen and oxygen atoms in total. The summed E-state index contributed by atoms with van der Waals surface area (Å²) in [5, 5.41) is 0. The molecule has 124 valence electrons. The molecule has 0 spiro atoms. The summed E-state index contributed by atoms with van der Waals surface area (Å²) in [6, 6.07) is 18.0. The molecule has 1 fully saturated rings. The third kappa shape index (κ3) is 3.32. The molecule has 1 saturated heterocycles. The Morgan fingerprint density at radius 2 is 1.46 bits per heavy atom. The summed E-state index contributed by atoms with van der Waals surface area (Å²) in [6.07, 6.45) is 0. The Morgan fingerprint density at radius 3 is 2.04 bits per heavy atom. The first-order valence-electron chi connectivity index (χ1n) is 8.22. The van der Waals surface area contributed by atoms with Gasteiger partial charge in [-0.3, -0.25) is 4.79 Å². The molecule has 0 bridgehead atoms. The third-order valence-corrected chi connectivity index (χ3v) is 4.45. The van der Waals surface area contributed by atoms with Gasteiger partial charge in [-0.1, -0.05) is 60.2 Å². The van der Waals surface area contributed by atoms with E-state index in [0.29, 0.717) is 0 Å². The fourth-order valence-electron chi connectivity index (χ4n) is 3.01. The molecule has 0 N–H and O–H groups in total. The van der Waals surface area contributed by atoms with Crippen LogP contribution >= 0.6 is 0 Å². The van der Waals surface area contributed by atoms with Gasteiger partial charge in [0.05, 0.1) is 5.92 Å². The van der Waals surface area contributed by atoms with E-state index in [0.717, 1.165) is 30.2 Å². The average Bonchev–Trinajstić information content (AvgIpc) is 2.90. The van der Waals surface area contributed by atoms with Crippen molar-refractivity contribution in [3.05, 3.63) is 71.3 Å². The fraction of sp³-hybridized carbons (Fsp3) is 0.300. The molecule has 4 heteroatoms. The van der Waals surface area contributed by atoms with Gasteiger partial charge in [-0.25, -0.2) is 0 Å². The first-order chi connectivity index (χ1) is 11.6. The molecule has 1 heterocycles. The molecule has 0 aromatic heterocycles. The van der Waals surface area contributed by atoms with E-state index in [-0.39, 0.29) is 11.8 Å². The molecule has 1 aliphatic heterocycles. The van der Waals surface area contributed by atoms with Crippen LogP contribution < -0.4 is 0 Å². The highest BCUT2D eigenvalue weighted by atomic mass is 16.1. The highest BCUT2D eigenvalue weighted by molar-refractivity contribution is 5.98. The lowest BCUT2D eigenvalue weighted by Gasteiger charge is -2.19. The van der Waals surface area contributed by atoms with Gasteiger partial charge in [-0.05, 0) is 18.1 Å². The standard InChI is InChI=1S/C20H23N3O/c1-15-9-11-17(12-10-15)18(16-7-5-4-6-8-16)19(24)21-20-22(2)13-14-23(20)3/h4-12,18H,13-14H2,1-3H3. The third-order valence-electron chi connectivity index (χ3n) is 4.45. The van der Waals surface area contributed by atoms with E-state index in [1.807, 2.05) is 85.4 Å². The van der Waals surface area contributed by atoms with Crippen LogP contribution in [0.5, 0.6) is 0 Å². The van der Waals surface area contributed by atoms with Gasteiger partial charge in [0.15, 0.2) is 0 Å². The molecule has 24 heavy (non-hydrogen) atoms. The normalized spacial score (nSPS) is 15.5. The second-order valence-electron chi connectivity index (χ2n) is 6.35. The van der Waals surface area contributed by atoms with E-state index >= 15 is 0 Å². The molecule has 1 unspecified atom stereocenters. The summed E-state index contributed by atoms with van der Waals surface area (Å²) in [6.45, 7) is 3.83. The van der Waals surface area contributed by atoms with Crippen LogP contribution in [0.1, 0.15) is 22.6 Å². The zero-order valence-corrected chi connectivity index (χ0v) is 14.4. The van der Waals surface area contributed by atoms with E-state index in [9.17, 15) is 4.79 Å². The predicted octanol–water partition coefficient (Wildman–Crippen LogP) is 2.89. The molecule has 2 aromatic rings. The summed E-state index contributed by atoms with van der Waals surface area (Å²) in [5.41, 5.74) is 3.13. The number of guanidine groups is 1. The Labute approximate surface area is 143 Å². The first-order valence-corrected chi connectivity index (χ1v) is 8.22. The Hall–Kier alpha value is -2.62. The minimum absolute atomic E-state index is 0.124. The van der Waals surface area contributed by atoms with Crippen molar-refractivity contribution in [3.8, 4) is 0 Å². The van der Waals surface area contributed by atoms with Crippen LogP contribution in [0.4, 0.5) is 0 Å². The van der Waals surface area contributed by atoms with Gasteiger partial charge >= 0.3 is 0 Å². The zero-order chi connectivity index (χ0) is 17.1. The summed E-state index contributed by atoms with van der Waals surface area (Å²) in [7, 11) is 3.94. The van der Waals surface area contributed by atoms with E-state index in [1.54, 1.807) is 0 Å². The molecule has 3 rings (SSSR count). The van der Waals surface area contributed by atoms with Crippen LogP contribution in [0.2, 0.25) is 0 Å². The zero-order valence-electron chi connectivity index (χ0n) is 14.4. The Kier molecular flexibility index (Phi) is 4.65. The lowest BCUT2D eigenvalue weighted by Crippen LogP contribution is -2.30. The van der Waals surface area contributed by atoms with Gasteiger partial charge in [-0.15, -0.1) is 0 Å². The smallest absolute Gasteiger partial charge is 0.260 e. The number of aryl methyl sites for hydroxylation is 1. The molecular formula is C20H23N3O. The minimum atomic E-state index is -0.373. The maximum atomic E-state index is 13.0. The predicted molar refractivity (Wildman–Crippen MR) is 97.2 cm³/mol. The molecule has 0 aliphatic carbocycles. The summed E-state index contributed by atoms with van der Waals surface area (Å²) >= 11 is 0. The number of carbonyl (C=O) groups excluding carboxylic acids is 1. The van der Waals surface area contributed by atoms with Crippen molar-refractivity contribution in [3.63, 3.8) is 0 Å². The number of hydrogen-bond acceptors (Lipinski definition) is 1. The summed E-state index contributed by atoms with van der Waals surface area (Å²) in [4.78, 5) is 21.5. The number of rotatable bonds is 3. The number of carbonyl (C=O) groups is 1. The van der Waals surface area contributed by atoms with Crippen molar-refractivity contribution >= 4 is 11.9 Å². The van der Waals surface area contributed by atoms with Crippen LogP contribution in [0.15, 0.2) is 59.6 Å². The molecule has 0 saturated carbocycles. The average molecular weight is 321 g/mol. The Bertz CT molecular complexity index is 725. The van der Waals surface area contributed by atoms with E-state index in [1.165, 1.54) is 5.56 Å². The van der Waals surface area contributed by atoms with Gasteiger partial charge in [0, 0.05) is 27.2 Å². The topological polar surface area (TPSA) is 35.9 Å². The van der Waals surface area contributed by atoms with Crippen molar-refractivity contribution in [1.29, 1.82) is 0 Å². The highest BCUT2D eigenvalue weighted by Crippen LogP contribution is 2.27. The lowest BCUT2D eigenvalue weighted by molar-refractivity contribution is -0.118. The number of nitrogens with zero attached hydrogens (tertiary/aromatic N) is 3. The van der Waals surface area contributed by atoms with Crippen LogP contribution in [0, 0.1) is 6.92 Å². The van der Waals surface area contributed by atoms with Crippen LogP contribution in [0.25, 0.3) is 0 Å². The van der Waals surface area contributed by atoms with Crippen molar-refractivity contribution in [2.45, 2.75) is 12.8 Å². The van der Waals surface area contributed by atoms with Crippen molar-refractivity contribution < 1.29 is 4.79 Å².